The summed E-state index contributed by atoms with van der Waals surface area (Å²) in [7, 11) is 6.25. The summed E-state index contributed by atoms with van der Waals surface area (Å²) in [5.41, 5.74) is 1.02. The highest BCUT2D eigenvalue weighted by atomic mass is 35.5. The highest BCUT2D eigenvalue weighted by molar-refractivity contribution is 6.34. The van der Waals surface area contributed by atoms with Crippen LogP contribution in [0.4, 0.5) is 0 Å². The van der Waals surface area contributed by atoms with Crippen molar-refractivity contribution in [3.8, 4) is 0 Å². The first-order chi connectivity index (χ1) is 7.99. The van der Waals surface area contributed by atoms with Crippen LogP contribution in [0.5, 0.6) is 0 Å². The third kappa shape index (κ3) is 5.68. The van der Waals surface area contributed by atoms with E-state index in [-0.39, 0.29) is 0 Å². The summed E-state index contributed by atoms with van der Waals surface area (Å²) in [5.74, 6) is 0. The van der Waals surface area contributed by atoms with Gasteiger partial charge in [-0.1, -0.05) is 23.2 Å². The average Bonchev–Trinajstić information content (AvgIpc) is 2.21. The van der Waals surface area contributed by atoms with Crippen molar-refractivity contribution in [1.82, 2.24) is 14.8 Å². The van der Waals surface area contributed by atoms with Gasteiger partial charge in [0.2, 0.25) is 0 Å². The normalized spacial score (nSPS) is 11.5. The zero-order valence-corrected chi connectivity index (χ0v) is 12.1. The summed E-state index contributed by atoms with van der Waals surface area (Å²) < 4.78 is 0. The van der Waals surface area contributed by atoms with E-state index in [1.165, 1.54) is 0 Å². The van der Waals surface area contributed by atoms with Gasteiger partial charge in [0.25, 0.3) is 0 Å². The maximum Gasteiger partial charge on any atom is 0.130 e. The predicted molar refractivity (Wildman–Crippen MR) is 73.8 cm³/mol. The van der Waals surface area contributed by atoms with Crippen molar-refractivity contribution in [2.24, 2.45) is 0 Å². The summed E-state index contributed by atoms with van der Waals surface area (Å²) >= 11 is 11.9. The van der Waals surface area contributed by atoms with E-state index < -0.39 is 0 Å². The van der Waals surface area contributed by atoms with Crippen LogP contribution in [-0.2, 0) is 6.54 Å². The SMILES string of the molecule is CN(C)CCCN(C)Cc1cnc(Cl)cc1Cl. The first-order valence-corrected chi connectivity index (χ1v) is 6.38. The Morgan fingerprint density at radius 3 is 2.47 bits per heavy atom. The first-order valence-electron chi connectivity index (χ1n) is 5.62. The Bertz CT molecular complexity index is 356. The molecule has 0 aliphatic heterocycles. The lowest BCUT2D eigenvalue weighted by molar-refractivity contribution is 0.294. The van der Waals surface area contributed by atoms with Gasteiger partial charge in [0.05, 0.1) is 0 Å². The molecule has 3 nitrogen and oxygen atoms in total. The van der Waals surface area contributed by atoms with Crippen molar-refractivity contribution in [3.05, 3.63) is 28.0 Å². The summed E-state index contributed by atoms with van der Waals surface area (Å²) in [6, 6.07) is 1.69. The van der Waals surface area contributed by atoms with Gasteiger partial charge in [0.1, 0.15) is 5.15 Å². The Hall–Kier alpha value is -0.350. The molecule has 1 heterocycles. The van der Waals surface area contributed by atoms with Crippen LogP contribution >= 0.6 is 23.2 Å². The van der Waals surface area contributed by atoms with Crippen LogP contribution < -0.4 is 0 Å². The van der Waals surface area contributed by atoms with Gasteiger partial charge in [-0.05, 0) is 46.7 Å². The van der Waals surface area contributed by atoms with Gasteiger partial charge in [-0.2, -0.15) is 0 Å². The van der Waals surface area contributed by atoms with Crippen molar-refractivity contribution in [2.45, 2.75) is 13.0 Å². The van der Waals surface area contributed by atoms with E-state index in [1.54, 1.807) is 12.3 Å². The summed E-state index contributed by atoms with van der Waals surface area (Å²) in [6.07, 6.45) is 2.88. The van der Waals surface area contributed by atoms with Gasteiger partial charge in [0, 0.05) is 23.3 Å². The molecule has 17 heavy (non-hydrogen) atoms. The van der Waals surface area contributed by atoms with Crippen molar-refractivity contribution in [2.75, 3.05) is 34.2 Å². The van der Waals surface area contributed by atoms with E-state index in [0.717, 1.165) is 31.6 Å². The fourth-order valence-corrected chi connectivity index (χ4v) is 2.00. The largest absolute Gasteiger partial charge is 0.309 e. The Morgan fingerprint density at radius 2 is 1.88 bits per heavy atom. The fraction of sp³-hybridized carbons (Fsp3) is 0.583. The Morgan fingerprint density at radius 1 is 1.18 bits per heavy atom. The quantitative estimate of drug-likeness (QED) is 0.745. The molecule has 0 spiro atoms. The van der Waals surface area contributed by atoms with E-state index >= 15 is 0 Å². The lowest BCUT2D eigenvalue weighted by Gasteiger charge is -2.18. The van der Waals surface area contributed by atoms with Crippen LogP contribution in [-0.4, -0.2) is 49.0 Å². The second-order valence-corrected chi connectivity index (χ2v) is 5.29. The zero-order chi connectivity index (χ0) is 12.8. The lowest BCUT2D eigenvalue weighted by atomic mass is 10.2. The van der Waals surface area contributed by atoms with Crippen LogP contribution in [0.1, 0.15) is 12.0 Å². The summed E-state index contributed by atoms with van der Waals surface area (Å²) in [6.45, 7) is 2.94. The van der Waals surface area contributed by atoms with Crippen molar-refractivity contribution >= 4 is 23.2 Å². The number of aromatic nitrogens is 1. The minimum atomic E-state index is 0.439. The van der Waals surface area contributed by atoms with Crippen molar-refractivity contribution in [1.29, 1.82) is 0 Å². The number of halogens is 2. The maximum absolute atomic E-state index is 6.10. The Balaban J connectivity index is 2.42. The monoisotopic (exact) mass is 275 g/mol. The molecule has 0 radical (unpaired) electrons. The molecule has 0 N–H and O–H groups in total. The topological polar surface area (TPSA) is 19.4 Å². The van der Waals surface area contributed by atoms with Gasteiger partial charge >= 0.3 is 0 Å². The number of nitrogens with zero attached hydrogens (tertiary/aromatic N) is 3. The van der Waals surface area contributed by atoms with Crippen LogP contribution in [0.3, 0.4) is 0 Å². The van der Waals surface area contributed by atoms with Gasteiger partial charge in [-0.15, -0.1) is 0 Å². The predicted octanol–water partition coefficient (Wildman–Crippen LogP) is 2.77. The molecular weight excluding hydrogens is 257 g/mol. The third-order valence-electron chi connectivity index (χ3n) is 2.48. The standard InChI is InChI=1S/C12H19Cl2N3/c1-16(2)5-4-6-17(3)9-10-8-15-12(14)7-11(10)13/h7-8H,4-6,9H2,1-3H3. The molecule has 0 atom stereocenters. The molecule has 0 aliphatic rings. The minimum absolute atomic E-state index is 0.439. The second kappa shape index (κ2) is 7.17. The molecule has 1 aromatic heterocycles. The lowest BCUT2D eigenvalue weighted by Crippen LogP contribution is -2.23. The Kier molecular flexibility index (Phi) is 6.20. The van der Waals surface area contributed by atoms with Crippen LogP contribution in [0.2, 0.25) is 10.2 Å². The molecule has 0 amide bonds. The van der Waals surface area contributed by atoms with Gasteiger partial charge in [-0.3, -0.25) is 0 Å². The molecule has 0 bridgehead atoms. The molecule has 1 rings (SSSR count). The number of hydrogen-bond donors (Lipinski definition) is 0. The van der Waals surface area contributed by atoms with Gasteiger partial charge in [0.15, 0.2) is 0 Å². The summed E-state index contributed by atoms with van der Waals surface area (Å²) in [4.78, 5) is 8.47. The fourth-order valence-electron chi connectivity index (χ4n) is 1.58. The van der Waals surface area contributed by atoms with Crippen LogP contribution in [0.15, 0.2) is 12.3 Å². The summed E-state index contributed by atoms with van der Waals surface area (Å²) in [5, 5.41) is 1.12. The van der Waals surface area contributed by atoms with E-state index in [2.05, 4.69) is 35.9 Å². The number of pyridine rings is 1. The third-order valence-corrected chi connectivity index (χ3v) is 3.04. The highest BCUT2D eigenvalue weighted by Crippen LogP contribution is 2.19. The minimum Gasteiger partial charge on any atom is -0.309 e. The van der Waals surface area contributed by atoms with Crippen molar-refractivity contribution < 1.29 is 0 Å². The smallest absolute Gasteiger partial charge is 0.130 e. The van der Waals surface area contributed by atoms with E-state index in [4.69, 9.17) is 23.2 Å². The highest BCUT2D eigenvalue weighted by Gasteiger charge is 2.06. The van der Waals surface area contributed by atoms with E-state index in [0.29, 0.717) is 10.2 Å². The first kappa shape index (κ1) is 14.7. The molecule has 0 unspecified atom stereocenters. The number of hydrogen-bond acceptors (Lipinski definition) is 3. The van der Waals surface area contributed by atoms with E-state index in [1.807, 2.05) is 0 Å². The molecule has 0 aromatic carbocycles. The molecule has 0 saturated heterocycles. The number of rotatable bonds is 6. The molecular formula is C12H19Cl2N3. The Labute approximate surface area is 113 Å². The molecule has 1 aromatic rings. The average molecular weight is 276 g/mol. The molecule has 96 valence electrons. The molecule has 0 aliphatic carbocycles. The molecule has 0 saturated carbocycles. The van der Waals surface area contributed by atoms with Crippen LogP contribution in [0, 0.1) is 0 Å². The van der Waals surface area contributed by atoms with Crippen LogP contribution in [0.25, 0.3) is 0 Å². The van der Waals surface area contributed by atoms with Gasteiger partial charge in [-0.25, -0.2) is 4.98 Å². The van der Waals surface area contributed by atoms with Gasteiger partial charge < -0.3 is 9.80 Å². The maximum atomic E-state index is 6.10. The molecule has 0 fully saturated rings. The molecule has 5 heteroatoms. The zero-order valence-electron chi connectivity index (χ0n) is 10.6. The second-order valence-electron chi connectivity index (χ2n) is 4.49. The van der Waals surface area contributed by atoms with Crippen molar-refractivity contribution in [3.63, 3.8) is 0 Å². The van der Waals surface area contributed by atoms with E-state index in [9.17, 15) is 0 Å².